The van der Waals surface area contributed by atoms with Crippen molar-refractivity contribution in [2.75, 3.05) is 43.1 Å². The van der Waals surface area contributed by atoms with Gasteiger partial charge in [0.05, 0.1) is 37.4 Å². The molecule has 2 fully saturated rings. The van der Waals surface area contributed by atoms with Gasteiger partial charge in [-0.3, -0.25) is 14.8 Å². The van der Waals surface area contributed by atoms with E-state index in [0.717, 1.165) is 67.3 Å². The first kappa shape index (κ1) is 26.1. The normalized spacial score (nSPS) is 18.3. The molecule has 10 heteroatoms. The topological polar surface area (TPSA) is 89.5 Å². The molecule has 0 aliphatic carbocycles. The molecule has 5 heterocycles. The van der Waals surface area contributed by atoms with Crippen LogP contribution in [-0.4, -0.2) is 53.8 Å². The number of carbonyl (C=O) groups is 1. The van der Waals surface area contributed by atoms with Crippen LogP contribution in [0.25, 0.3) is 11.1 Å². The van der Waals surface area contributed by atoms with Gasteiger partial charge in [-0.25, -0.2) is 4.98 Å². The second kappa shape index (κ2) is 11.1. The average molecular weight is 524 g/mol. The molecule has 8 nitrogen and oxygen atoms in total. The maximum absolute atomic E-state index is 13.7. The standard InChI is InChI=1S/C28H31F2N5O3/c1-18-22(15-21(16-32-18)33-27(36)19-6-7-31-25(13-19)28(2,29)30)20-12-23(24-17-37-10-11-38-24)34-26(14-20)35-8-4-3-5-9-35/h6-7,12-16,24H,3-5,8-11,17H2,1-2H3,(H,33,36). The van der Waals surface area contributed by atoms with Crippen molar-refractivity contribution in [2.24, 2.45) is 0 Å². The molecule has 0 bridgehead atoms. The highest BCUT2D eigenvalue weighted by molar-refractivity contribution is 6.04. The molecule has 5 rings (SSSR count). The molecule has 200 valence electrons. The zero-order valence-corrected chi connectivity index (χ0v) is 21.5. The quantitative estimate of drug-likeness (QED) is 0.470. The number of aryl methyl sites for hydroxylation is 1. The van der Waals surface area contributed by atoms with Gasteiger partial charge in [0.15, 0.2) is 0 Å². The van der Waals surface area contributed by atoms with E-state index in [4.69, 9.17) is 14.5 Å². The third-order valence-corrected chi connectivity index (χ3v) is 6.79. The molecule has 0 spiro atoms. The average Bonchev–Trinajstić information content (AvgIpc) is 2.94. The minimum absolute atomic E-state index is 0.0895. The number of hydrogen-bond donors (Lipinski definition) is 1. The first-order chi connectivity index (χ1) is 18.3. The fraction of sp³-hybridized carbons (Fsp3) is 0.429. The van der Waals surface area contributed by atoms with Crippen LogP contribution in [-0.2, 0) is 15.4 Å². The van der Waals surface area contributed by atoms with E-state index in [1.165, 1.54) is 18.7 Å². The first-order valence-electron chi connectivity index (χ1n) is 12.9. The molecular formula is C28H31F2N5O3. The maximum atomic E-state index is 13.7. The zero-order valence-electron chi connectivity index (χ0n) is 21.5. The lowest BCUT2D eigenvalue weighted by Gasteiger charge is -2.30. The van der Waals surface area contributed by atoms with Gasteiger partial charge < -0.3 is 19.7 Å². The number of nitrogens with one attached hydrogen (secondary N) is 1. The Labute approximate surface area is 220 Å². The Hall–Kier alpha value is -3.50. The van der Waals surface area contributed by atoms with E-state index < -0.39 is 17.5 Å². The Kier molecular flexibility index (Phi) is 7.62. The Morgan fingerprint density at radius 3 is 2.66 bits per heavy atom. The Morgan fingerprint density at radius 1 is 1.11 bits per heavy atom. The van der Waals surface area contributed by atoms with Gasteiger partial charge in [-0.05, 0) is 62.1 Å². The van der Waals surface area contributed by atoms with Crippen LogP contribution in [0, 0.1) is 6.92 Å². The van der Waals surface area contributed by atoms with E-state index in [1.807, 2.05) is 25.1 Å². The molecule has 1 atom stereocenters. The van der Waals surface area contributed by atoms with Gasteiger partial charge >= 0.3 is 0 Å². The summed E-state index contributed by atoms with van der Waals surface area (Å²) >= 11 is 0. The van der Waals surface area contributed by atoms with Crippen molar-refractivity contribution in [2.45, 2.75) is 45.1 Å². The lowest BCUT2D eigenvalue weighted by atomic mass is 10.0. The molecule has 0 saturated carbocycles. The van der Waals surface area contributed by atoms with E-state index in [0.29, 0.717) is 25.5 Å². The molecule has 2 saturated heterocycles. The van der Waals surface area contributed by atoms with Gasteiger partial charge in [-0.2, -0.15) is 8.78 Å². The third kappa shape index (κ3) is 5.97. The van der Waals surface area contributed by atoms with Crippen molar-refractivity contribution in [1.82, 2.24) is 15.0 Å². The van der Waals surface area contributed by atoms with Gasteiger partial charge in [0.1, 0.15) is 17.6 Å². The van der Waals surface area contributed by atoms with Crippen LogP contribution >= 0.6 is 0 Å². The predicted octanol–water partition coefficient (Wildman–Crippen LogP) is 5.29. The maximum Gasteiger partial charge on any atom is 0.286 e. The predicted molar refractivity (Wildman–Crippen MR) is 140 cm³/mol. The molecule has 0 aromatic carbocycles. The molecule has 2 aliphatic rings. The number of amides is 1. The fourth-order valence-electron chi connectivity index (χ4n) is 4.71. The van der Waals surface area contributed by atoms with Crippen LogP contribution in [0.5, 0.6) is 0 Å². The van der Waals surface area contributed by atoms with Crippen molar-refractivity contribution in [3.8, 4) is 11.1 Å². The van der Waals surface area contributed by atoms with Crippen LogP contribution in [0.4, 0.5) is 20.3 Å². The Bertz CT molecular complexity index is 1270. The summed E-state index contributed by atoms with van der Waals surface area (Å²) in [4.78, 5) is 28.3. The minimum Gasteiger partial charge on any atom is -0.376 e. The summed E-state index contributed by atoms with van der Waals surface area (Å²) in [5, 5.41) is 2.79. The summed E-state index contributed by atoms with van der Waals surface area (Å²) in [5.41, 5.74) is 3.39. The molecule has 0 radical (unpaired) electrons. The number of alkyl halides is 2. The van der Waals surface area contributed by atoms with E-state index in [2.05, 4.69) is 20.2 Å². The van der Waals surface area contributed by atoms with Crippen LogP contribution in [0.15, 0.2) is 42.7 Å². The van der Waals surface area contributed by atoms with Crippen LogP contribution in [0.1, 0.15) is 59.7 Å². The molecular weight excluding hydrogens is 492 g/mol. The molecule has 1 amide bonds. The van der Waals surface area contributed by atoms with Crippen molar-refractivity contribution < 1.29 is 23.0 Å². The molecule has 1 N–H and O–H groups in total. The number of nitrogens with zero attached hydrogens (tertiary/aromatic N) is 4. The van der Waals surface area contributed by atoms with Crippen LogP contribution in [0.2, 0.25) is 0 Å². The molecule has 1 unspecified atom stereocenters. The van der Waals surface area contributed by atoms with Crippen molar-refractivity contribution in [3.05, 3.63) is 65.4 Å². The van der Waals surface area contributed by atoms with Crippen LogP contribution in [0.3, 0.4) is 0 Å². The third-order valence-electron chi connectivity index (χ3n) is 6.79. The zero-order chi connectivity index (χ0) is 26.7. The number of anilines is 2. The van der Waals surface area contributed by atoms with Crippen LogP contribution < -0.4 is 10.2 Å². The summed E-state index contributed by atoms with van der Waals surface area (Å²) in [7, 11) is 0. The monoisotopic (exact) mass is 523 g/mol. The summed E-state index contributed by atoms with van der Waals surface area (Å²) in [5.74, 6) is -2.79. The molecule has 38 heavy (non-hydrogen) atoms. The minimum atomic E-state index is -3.15. The van der Waals surface area contributed by atoms with Gasteiger partial charge in [-0.15, -0.1) is 0 Å². The Balaban J connectivity index is 1.47. The van der Waals surface area contributed by atoms with E-state index >= 15 is 0 Å². The number of pyridine rings is 3. The van der Waals surface area contributed by atoms with Crippen molar-refractivity contribution in [1.29, 1.82) is 0 Å². The van der Waals surface area contributed by atoms with Gasteiger partial charge in [-0.1, -0.05) is 0 Å². The fourth-order valence-corrected chi connectivity index (χ4v) is 4.71. The highest BCUT2D eigenvalue weighted by Gasteiger charge is 2.27. The number of halogens is 2. The van der Waals surface area contributed by atoms with E-state index in [-0.39, 0.29) is 11.7 Å². The van der Waals surface area contributed by atoms with Gasteiger partial charge in [0.25, 0.3) is 11.8 Å². The van der Waals surface area contributed by atoms with Crippen molar-refractivity contribution in [3.63, 3.8) is 0 Å². The number of hydrogen-bond acceptors (Lipinski definition) is 7. The number of piperidine rings is 1. The lowest BCUT2D eigenvalue weighted by Crippen LogP contribution is -2.31. The van der Waals surface area contributed by atoms with Crippen molar-refractivity contribution >= 4 is 17.4 Å². The summed E-state index contributed by atoms with van der Waals surface area (Å²) in [6, 6.07) is 8.38. The van der Waals surface area contributed by atoms with Gasteiger partial charge in [0, 0.05) is 43.0 Å². The summed E-state index contributed by atoms with van der Waals surface area (Å²) < 4.78 is 39.0. The number of carbonyl (C=O) groups excluding carboxylic acids is 1. The highest BCUT2D eigenvalue weighted by Crippen LogP contribution is 2.33. The number of rotatable bonds is 6. The second-order valence-electron chi connectivity index (χ2n) is 9.75. The lowest BCUT2D eigenvalue weighted by molar-refractivity contribution is -0.0917. The smallest absolute Gasteiger partial charge is 0.286 e. The highest BCUT2D eigenvalue weighted by atomic mass is 19.3. The first-order valence-corrected chi connectivity index (χ1v) is 12.9. The molecule has 2 aliphatic heterocycles. The Morgan fingerprint density at radius 2 is 1.92 bits per heavy atom. The number of aromatic nitrogens is 3. The largest absolute Gasteiger partial charge is 0.376 e. The van der Waals surface area contributed by atoms with E-state index in [9.17, 15) is 13.6 Å². The molecule has 3 aromatic rings. The SMILES string of the molecule is Cc1ncc(NC(=O)c2ccnc(C(C)(F)F)c2)cc1-c1cc(C2COCCO2)nc(N2CCCCC2)c1. The molecule has 3 aromatic heterocycles. The van der Waals surface area contributed by atoms with Gasteiger partial charge in [0.2, 0.25) is 0 Å². The van der Waals surface area contributed by atoms with E-state index in [1.54, 1.807) is 6.20 Å². The summed E-state index contributed by atoms with van der Waals surface area (Å²) in [6.07, 6.45) is 5.94. The second-order valence-corrected chi connectivity index (χ2v) is 9.75. The number of ether oxygens (including phenoxy) is 2. The summed E-state index contributed by atoms with van der Waals surface area (Å²) in [6.45, 7) is 6.05.